The van der Waals surface area contributed by atoms with Crippen LogP contribution in [-0.4, -0.2) is 23.2 Å². The van der Waals surface area contributed by atoms with E-state index >= 15 is 0 Å². The van der Waals surface area contributed by atoms with Gasteiger partial charge >= 0.3 is 0 Å². The number of rotatable bonds is 4. The van der Waals surface area contributed by atoms with Gasteiger partial charge in [0.2, 0.25) is 0 Å². The number of pyridine rings is 1. The van der Waals surface area contributed by atoms with Gasteiger partial charge in [-0.1, -0.05) is 12.5 Å². The molecule has 0 unspecified atom stereocenters. The Balaban J connectivity index is 1.88. The van der Waals surface area contributed by atoms with Crippen molar-refractivity contribution in [2.45, 2.75) is 19.3 Å². The Bertz CT molecular complexity index is 277. The summed E-state index contributed by atoms with van der Waals surface area (Å²) in [6.07, 6.45) is 5.27. The molecule has 2 N–H and O–H groups in total. The topological polar surface area (TPSA) is 45.1 Å². The van der Waals surface area contributed by atoms with Gasteiger partial charge < -0.3 is 10.4 Å². The Kier molecular flexibility index (Phi) is 2.68. The minimum absolute atomic E-state index is 0.123. The molecule has 1 saturated carbocycles. The lowest BCUT2D eigenvalue weighted by molar-refractivity contribution is 0.0576. The quantitative estimate of drug-likeness (QED) is 0.762. The van der Waals surface area contributed by atoms with Crippen LogP contribution in [0.1, 0.15) is 19.3 Å². The van der Waals surface area contributed by atoms with E-state index in [0.29, 0.717) is 0 Å². The van der Waals surface area contributed by atoms with Crippen LogP contribution in [0.25, 0.3) is 0 Å². The molecule has 0 saturated heterocycles. The van der Waals surface area contributed by atoms with Crippen LogP contribution in [0.2, 0.25) is 0 Å². The first-order valence-corrected chi connectivity index (χ1v) is 5.10. The van der Waals surface area contributed by atoms with Crippen LogP contribution >= 0.6 is 0 Å². The molecule has 1 aliphatic rings. The average molecular weight is 192 g/mol. The van der Waals surface area contributed by atoms with Crippen LogP contribution in [0, 0.1) is 5.41 Å². The van der Waals surface area contributed by atoms with Crippen molar-refractivity contribution >= 4 is 5.82 Å². The molecule has 1 aromatic heterocycles. The monoisotopic (exact) mass is 192 g/mol. The smallest absolute Gasteiger partial charge is 0.125 e. The van der Waals surface area contributed by atoms with E-state index in [2.05, 4.69) is 10.3 Å². The predicted molar refractivity (Wildman–Crippen MR) is 56.1 cm³/mol. The second-order valence-electron chi connectivity index (χ2n) is 4.08. The maximum Gasteiger partial charge on any atom is 0.125 e. The third kappa shape index (κ3) is 1.87. The number of hydrogen-bond acceptors (Lipinski definition) is 3. The molecule has 0 aromatic carbocycles. The Labute approximate surface area is 84.2 Å². The molecule has 1 aliphatic carbocycles. The summed E-state index contributed by atoms with van der Waals surface area (Å²) >= 11 is 0. The summed E-state index contributed by atoms with van der Waals surface area (Å²) in [6.45, 7) is 1.12. The molecule has 0 bridgehead atoms. The highest BCUT2D eigenvalue weighted by atomic mass is 16.3. The minimum Gasteiger partial charge on any atom is -0.396 e. The third-order valence-electron chi connectivity index (χ3n) is 3.06. The first kappa shape index (κ1) is 9.46. The summed E-state index contributed by atoms with van der Waals surface area (Å²) < 4.78 is 0. The molecule has 76 valence electrons. The third-order valence-corrected chi connectivity index (χ3v) is 3.06. The van der Waals surface area contributed by atoms with Crippen molar-refractivity contribution in [1.82, 2.24) is 4.98 Å². The fraction of sp³-hybridized carbons (Fsp3) is 0.545. The first-order chi connectivity index (χ1) is 6.85. The molecule has 3 heteroatoms. The average Bonchev–Trinajstić information content (AvgIpc) is 2.19. The zero-order valence-corrected chi connectivity index (χ0v) is 8.24. The highest BCUT2D eigenvalue weighted by molar-refractivity contribution is 5.33. The maximum atomic E-state index is 9.25. The number of nitrogens with one attached hydrogen (secondary N) is 1. The van der Waals surface area contributed by atoms with E-state index in [1.165, 1.54) is 6.42 Å². The molecule has 0 spiro atoms. The normalized spacial score (nSPS) is 18.6. The van der Waals surface area contributed by atoms with Crippen molar-refractivity contribution in [3.8, 4) is 0 Å². The summed E-state index contributed by atoms with van der Waals surface area (Å²) in [4.78, 5) is 4.18. The van der Waals surface area contributed by atoms with E-state index in [0.717, 1.165) is 25.2 Å². The lowest BCUT2D eigenvalue weighted by Gasteiger charge is -2.40. The van der Waals surface area contributed by atoms with Crippen molar-refractivity contribution in [3.63, 3.8) is 0 Å². The predicted octanol–water partition coefficient (Wildman–Crippen LogP) is 1.66. The maximum absolute atomic E-state index is 9.25. The molecule has 0 amide bonds. The first-order valence-electron chi connectivity index (χ1n) is 5.10. The Morgan fingerprint density at radius 2 is 2.29 bits per heavy atom. The Morgan fingerprint density at radius 1 is 1.43 bits per heavy atom. The molecule has 14 heavy (non-hydrogen) atoms. The number of nitrogens with zero attached hydrogens (tertiary/aromatic N) is 1. The van der Waals surface area contributed by atoms with Crippen LogP contribution in [0.4, 0.5) is 5.82 Å². The number of aliphatic hydroxyl groups is 1. The molecule has 0 atom stereocenters. The molecular formula is C11H16N2O. The van der Waals surface area contributed by atoms with Gasteiger partial charge in [-0.05, 0) is 25.0 Å². The van der Waals surface area contributed by atoms with Crippen molar-refractivity contribution in [3.05, 3.63) is 24.4 Å². The van der Waals surface area contributed by atoms with Gasteiger partial charge in [-0.15, -0.1) is 0 Å². The molecule has 0 aliphatic heterocycles. The lowest BCUT2D eigenvalue weighted by Crippen LogP contribution is -2.39. The van der Waals surface area contributed by atoms with Gasteiger partial charge in [-0.25, -0.2) is 4.98 Å². The minimum atomic E-state index is 0.123. The molecule has 1 aromatic rings. The number of aliphatic hydroxyl groups excluding tert-OH is 1. The Morgan fingerprint density at radius 3 is 2.79 bits per heavy atom. The van der Waals surface area contributed by atoms with Gasteiger partial charge in [0, 0.05) is 18.2 Å². The summed E-state index contributed by atoms with van der Waals surface area (Å²) in [6, 6.07) is 5.81. The highest BCUT2D eigenvalue weighted by Crippen LogP contribution is 2.40. The molecule has 1 heterocycles. The van der Waals surface area contributed by atoms with Crippen molar-refractivity contribution < 1.29 is 5.11 Å². The SMILES string of the molecule is OCC1(CNc2ccccn2)CCC1. The number of aromatic nitrogens is 1. The van der Waals surface area contributed by atoms with Gasteiger partial charge in [0.15, 0.2) is 0 Å². The molecular weight excluding hydrogens is 176 g/mol. The van der Waals surface area contributed by atoms with Crippen molar-refractivity contribution in [2.75, 3.05) is 18.5 Å². The second kappa shape index (κ2) is 3.96. The fourth-order valence-electron chi connectivity index (χ4n) is 1.81. The van der Waals surface area contributed by atoms with Crippen molar-refractivity contribution in [2.24, 2.45) is 5.41 Å². The summed E-state index contributed by atoms with van der Waals surface area (Å²) in [5.41, 5.74) is 0.123. The van der Waals surface area contributed by atoms with E-state index in [4.69, 9.17) is 0 Å². The number of anilines is 1. The van der Waals surface area contributed by atoms with Gasteiger partial charge in [0.25, 0.3) is 0 Å². The molecule has 3 nitrogen and oxygen atoms in total. The summed E-state index contributed by atoms with van der Waals surface area (Å²) in [5, 5.41) is 12.5. The second-order valence-corrected chi connectivity index (χ2v) is 4.08. The van der Waals surface area contributed by atoms with Gasteiger partial charge in [0.1, 0.15) is 5.82 Å². The summed E-state index contributed by atoms with van der Waals surface area (Å²) in [5.74, 6) is 0.896. The highest BCUT2D eigenvalue weighted by Gasteiger charge is 2.35. The van der Waals surface area contributed by atoms with E-state index in [1.807, 2.05) is 18.2 Å². The summed E-state index contributed by atoms with van der Waals surface area (Å²) in [7, 11) is 0. The zero-order valence-electron chi connectivity index (χ0n) is 8.24. The van der Waals surface area contributed by atoms with E-state index < -0.39 is 0 Å². The molecule has 1 fully saturated rings. The molecule has 0 radical (unpaired) electrons. The van der Waals surface area contributed by atoms with Crippen LogP contribution < -0.4 is 5.32 Å². The fourth-order valence-corrected chi connectivity index (χ4v) is 1.81. The van der Waals surface area contributed by atoms with E-state index in [9.17, 15) is 5.11 Å². The van der Waals surface area contributed by atoms with Crippen LogP contribution in [0.5, 0.6) is 0 Å². The Hall–Kier alpha value is -1.09. The standard InChI is InChI=1S/C11H16N2O/c14-9-11(5-3-6-11)8-13-10-4-1-2-7-12-10/h1-2,4,7,14H,3,5-6,8-9H2,(H,12,13). The van der Waals surface area contributed by atoms with Gasteiger partial charge in [-0.3, -0.25) is 0 Å². The lowest BCUT2D eigenvalue weighted by atomic mass is 9.69. The van der Waals surface area contributed by atoms with Crippen LogP contribution in [0.15, 0.2) is 24.4 Å². The van der Waals surface area contributed by atoms with E-state index in [1.54, 1.807) is 6.20 Å². The van der Waals surface area contributed by atoms with E-state index in [-0.39, 0.29) is 12.0 Å². The van der Waals surface area contributed by atoms with Gasteiger partial charge in [-0.2, -0.15) is 0 Å². The number of hydrogen-bond donors (Lipinski definition) is 2. The van der Waals surface area contributed by atoms with Crippen LogP contribution in [-0.2, 0) is 0 Å². The van der Waals surface area contributed by atoms with Crippen molar-refractivity contribution in [1.29, 1.82) is 0 Å². The largest absolute Gasteiger partial charge is 0.396 e. The van der Waals surface area contributed by atoms with Crippen LogP contribution in [0.3, 0.4) is 0 Å². The zero-order chi connectivity index (χ0) is 9.86. The molecule has 2 rings (SSSR count). The van der Waals surface area contributed by atoms with Gasteiger partial charge in [0.05, 0.1) is 6.61 Å².